The Morgan fingerprint density at radius 3 is 2.41 bits per heavy atom. The number of hydrogen-bond donors (Lipinski definition) is 1. The Labute approximate surface area is 110 Å². The quantitative estimate of drug-likeness (QED) is 0.636. The summed E-state index contributed by atoms with van der Waals surface area (Å²) in [6, 6.07) is 8.14. The molecule has 0 saturated heterocycles. The van der Waals surface area contributed by atoms with Crippen molar-refractivity contribution in [3.63, 3.8) is 0 Å². The van der Waals surface area contributed by atoms with Crippen LogP contribution in [0.25, 0.3) is 0 Å². The Kier molecular flexibility index (Phi) is 9.06. The Morgan fingerprint density at radius 2 is 1.88 bits per heavy atom. The van der Waals surface area contributed by atoms with E-state index in [1.807, 2.05) is 32.9 Å². The van der Waals surface area contributed by atoms with Gasteiger partial charge in [0.25, 0.3) is 0 Å². The molecule has 0 amide bonds. The largest absolute Gasteiger partial charge is 0.484 e. The monoisotopic (exact) mass is 251 g/mol. The highest BCUT2D eigenvalue weighted by Gasteiger charge is 1.89. The molecule has 0 unspecified atom stereocenters. The summed E-state index contributed by atoms with van der Waals surface area (Å²) < 4.78 is 5.10. The smallest absolute Gasteiger partial charge is 0.185 e. The molecule has 0 aliphatic carbocycles. The molecule has 17 heavy (non-hydrogen) atoms. The van der Waals surface area contributed by atoms with Gasteiger partial charge in [0.15, 0.2) is 5.05 Å². The lowest BCUT2D eigenvalue weighted by molar-refractivity contribution is 0.339. The first-order chi connectivity index (χ1) is 8.22. The van der Waals surface area contributed by atoms with Crippen LogP contribution in [0.3, 0.4) is 0 Å². The molecule has 0 saturated carbocycles. The molecule has 0 radical (unpaired) electrons. The molecule has 3 heteroatoms. The van der Waals surface area contributed by atoms with Crippen molar-refractivity contribution < 1.29 is 4.74 Å². The van der Waals surface area contributed by atoms with Gasteiger partial charge in [-0.05, 0) is 38.2 Å². The molecule has 0 fully saturated rings. The lowest BCUT2D eigenvalue weighted by Crippen LogP contribution is -1.97. The topological polar surface area (TPSA) is 21.3 Å². The minimum Gasteiger partial charge on any atom is -0.484 e. The van der Waals surface area contributed by atoms with E-state index in [0.29, 0.717) is 11.7 Å². The van der Waals surface area contributed by atoms with Crippen LogP contribution in [0, 0.1) is 6.92 Å². The van der Waals surface area contributed by atoms with E-state index in [9.17, 15) is 0 Å². The third kappa shape index (κ3) is 7.53. The number of rotatable bonds is 4. The maximum atomic E-state index is 5.10. The van der Waals surface area contributed by atoms with Crippen molar-refractivity contribution in [2.75, 3.05) is 11.9 Å². The molecule has 0 aliphatic heterocycles. The highest BCUT2D eigenvalue weighted by molar-refractivity contribution is 7.80. The van der Waals surface area contributed by atoms with E-state index in [1.165, 1.54) is 5.56 Å². The molecule has 0 aliphatic rings. The molecule has 94 valence electrons. The van der Waals surface area contributed by atoms with Gasteiger partial charge in [0, 0.05) is 18.0 Å². The highest BCUT2D eigenvalue weighted by atomic mass is 32.1. The van der Waals surface area contributed by atoms with Gasteiger partial charge in [-0.25, -0.2) is 0 Å². The Morgan fingerprint density at radius 1 is 1.29 bits per heavy atom. The average molecular weight is 251 g/mol. The molecule has 1 rings (SSSR count). The summed E-state index contributed by atoms with van der Waals surface area (Å²) in [4.78, 5) is 0. The fourth-order valence-electron chi connectivity index (χ4n) is 1.05. The van der Waals surface area contributed by atoms with Gasteiger partial charge in [-0.2, -0.15) is 0 Å². The van der Waals surface area contributed by atoms with Crippen molar-refractivity contribution >= 4 is 23.0 Å². The number of aryl methyl sites for hydroxylation is 1. The van der Waals surface area contributed by atoms with Crippen molar-refractivity contribution in [3.8, 4) is 0 Å². The number of thiocarbonyl (C=S) groups is 1. The molecular weight excluding hydrogens is 230 g/mol. The minimum absolute atomic E-state index is 0.497. The second-order valence-corrected chi connectivity index (χ2v) is 3.50. The summed E-state index contributed by atoms with van der Waals surface area (Å²) in [6.45, 7) is 8.57. The highest BCUT2D eigenvalue weighted by Crippen LogP contribution is 2.08. The first kappa shape index (κ1) is 15.7. The summed E-state index contributed by atoms with van der Waals surface area (Å²) in [6.07, 6.45) is 3.52. The number of hydrogen-bond acceptors (Lipinski definition) is 3. The van der Waals surface area contributed by atoms with Gasteiger partial charge in [-0.1, -0.05) is 31.5 Å². The van der Waals surface area contributed by atoms with E-state index < -0.39 is 0 Å². The molecule has 1 aromatic rings. The van der Waals surface area contributed by atoms with Crippen LogP contribution in [-0.4, -0.2) is 11.7 Å². The lowest BCUT2D eigenvalue weighted by atomic mass is 10.2. The zero-order valence-electron chi connectivity index (χ0n) is 11.0. The molecular formula is C14H21NOS. The fraction of sp³-hybridized carbons (Fsp3) is 0.357. The van der Waals surface area contributed by atoms with Gasteiger partial charge < -0.3 is 10.1 Å². The molecule has 0 aromatic heterocycles. The maximum Gasteiger partial charge on any atom is 0.185 e. The third-order valence-electron chi connectivity index (χ3n) is 1.81. The van der Waals surface area contributed by atoms with Crippen molar-refractivity contribution in [2.24, 2.45) is 0 Å². The zero-order chi connectivity index (χ0) is 13.1. The van der Waals surface area contributed by atoms with E-state index in [4.69, 9.17) is 17.0 Å². The van der Waals surface area contributed by atoms with E-state index in [2.05, 4.69) is 24.4 Å². The summed E-state index contributed by atoms with van der Waals surface area (Å²) in [7, 11) is 0. The van der Waals surface area contributed by atoms with Crippen LogP contribution in [0.1, 0.15) is 26.3 Å². The van der Waals surface area contributed by atoms with Crippen LogP contribution in [0.15, 0.2) is 36.5 Å². The molecule has 0 spiro atoms. The van der Waals surface area contributed by atoms with Gasteiger partial charge in [-0.15, -0.1) is 0 Å². The van der Waals surface area contributed by atoms with E-state index in [-0.39, 0.29) is 0 Å². The van der Waals surface area contributed by atoms with E-state index in [1.54, 1.807) is 12.3 Å². The molecule has 1 N–H and O–H groups in total. The first-order valence-corrected chi connectivity index (χ1v) is 6.29. The molecule has 0 heterocycles. The van der Waals surface area contributed by atoms with Gasteiger partial charge in [0.05, 0.1) is 6.61 Å². The van der Waals surface area contributed by atoms with Crippen molar-refractivity contribution in [3.05, 3.63) is 42.1 Å². The average Bonchev–Trinajstić information content (AvgIpc) is 2.35. The SMILES string of the molecule is CC.CCOC(=S)/C=C\Nc1ccc(C)cc1. The third-order valence-corrected chi connectivity index (χ3v) is 2.06. The first-order valence-electron chi connectivity index (χ1n) is 5.89. The maximum absolute atomic E-state index is 5.10. The van der Waals surface area contributed by atoms with Crippen LogP contribution < -0.4 is 5.32 Å². The van der Waals surface area contributed by atoms with Crippen LogP contribution in [-0.2, 0) is 4.74 Å². The Hall–Kier alpha value is -1.35. The van der Waals surface area contributed by atoms with Gasteiger partial charge in [0.2, 0.25) is 0 Å². The summed E-state index contributed by atoms with van der Waals surface area (Å²) in [5.74, 6) is 0. The zero-order valence-corrected chi connectivity index (χ0v) is 11.8. The van der Waals surface area contributed by atoms with Gasteiger partial charge in [-0.3, -0.25) is 0 Å². The van der Waals surface area contributed by atoms with Crippen molar-refractivity contribution in [1.82, 2.24) is 0 Å². The minimum atomic E-state index is 0.497. The Bertz CT molecular complexity index is 344. The normalized spacial score (nSPS) is 9.41. The lowest BCUT2D eigenvalue weighted by Gasteiger charge is -2.01. The number of ether oxygens (including phenoxy) is 1. The molecule has 0 bridgehead atoms. The number of anilines is 1. The molecule has 1 aromatic carbocycles. The number of nitrogens with one attached hydrogen (secondary N) is 1. The predicted octanol–water partition coefficient (Wildman–Crippen LogP) is 4.31. The van der Waals surface area contributed by atoms with Crippen LogP contribution in [0.2, 0.25) is 0 Å². The van der Waals surface area contributed by atoms with Crippen molar-refractivity contribution in [1.29, 1.82) is 0 Å². The van der Waals surface area contributed by atoms with Crippen LogP contribution >= 0.6 is 12.2 Å². The molecule has 2 nitrogen and oxygen atoms in total. The van der Waals surface area contributed by atoms with Gasteiger partial charge >= 0.3 is 0 Å². The van der Waals surface area contributed by atoms with E-state index in [0.717, 1.165) is 5.69 Å². The second kappa shape index (κ2) is 9.85. The van der Waals surface area contributed by atoms with E-state index >= 15 is 0 Å². The molecule has 0 atom stereocenters. The number of benzene rings is 1. The predicted molar refractivity (Wildman–Crippen MR) is 79.5 cm³/mol. The summed E-state index contributed by atoms with van der Waals surface area (Å²) in [5.41, 5.74) is 2.28. The van der Waals surface area contributed by atoms with Crippen LogP contribution in [0.4, 0.5) is 5.69 Å². The summed E-state index contributed by atoms with van der Waals surface area (Å²) in [5, 5.41) is 3.61. The van der Waals surface area contributed by atoms with Crippen LogP contribution in [0.5, 0.6) is 0 Å². The summed E-state index contributed by atoms with van der Waals surface area (Å²) >= 11 is 4.94. The fourth-order valence-corrected chi connectivity index (χ4v) is 1.23. The Balaban J connectivity index is 0.00000121. The second-order valence-electron chi connectivity index (χ2n) is 3.10. The van der Waals surface area contributed by atoms with Crippen molar-refractivity contribution in [2.45, 2.75) is 27.7 Å². The standard InChI is InChI=1S/C12H15NOS.C2H6/c1-3-14-12(15)8-9-13-11-6-4-10(2)5-7-11;1-2/h4-9,13H,3H2,1-2H3;1-2H3/b9-8-;. The van der Waals surface area contributed by atoms with Gasteiger partial charge in [0.1, 0.15) is 0 Å².